The van der Waals surface area contributed by atoms with Crippen LogP contribution in [-0.2, 0) is 11.2 Å². The first-order chi connectivity index (χ1) is 8.58. The van der Waals surface area contributed by atoms with Crippen LogP contribution >= 0.6 is 0 Å². The molecule has 1 aromatic rings. The highest BCUT2D eigenvalue weighted by Gasteiger charge is 2.15. The Morgan fingerprint density at radius 3 is 2.89 bits per heavy atom. The zero-order chi connectivity index (χ0) is 13.1. The summed E-state index contributed by atoms with van der Waals surface area (Å²) in [5.74, 6) is 1.50. The number of hydrogen-bond donors (Lipinski definition) is 1. The van der Waals surface area contributed by atoms with Gasteiger partial charge in [-0.2, -0.15) is 0 Å². The third-order valence-corrected chi connectivity index (χ3v) is 2.94. The largest absolute Gasteiger partial charge is 0.454 e. The van der Waals surface area contributed by atoms with Gasteiger partial charge in [0.05, 0.1) is 6.04 Å². The molecule has 1 aromatic carbocycles. The number of carbonyl (C=O) groups is 1. The van der Waals surface area contributed by atoms with Crippen molar-refractivity contribution in [3.05, 3.63) is 23.8 Å². The number of likely N-dealkylation sites (N-methyl/N-ethyl adjacent to an activating group) is 1. The van der Waals surface area contributed by atoms with Gasteiger partial charge >= 0.3 is 0 Å². The molecular formula is C13H18N2O3. The van der Waals surface area contributed by atoms with Gasteiger partial charge in [0.15, 0.2) is 11.5 Å². The molecular weight excluding hydrogens is 232 g/mol. The lowest BCUT2D eigenvalue weighted by Gasteiger charge is -2.19. The van der Waals surface area contributed by atoms with Crippen LogP contribution in [0, 0.1) is 0 Å². The van der Waals surface area contributed by atoms with E-state index < -0.39 is 6.04 Å². The van der Waals surface area contributed by atoms with Crippen molar-refractivity contribution < 1.29 is 14.3 Å². The molecule has 98 valence electrons. The average molecular weight is 250 g/mol. The summed E-state index contributed by atoms with van der Waals surface area (Å²) in [6.07, 6.45) is 0.769. The van der Waals surface area contributed by atoms with Gasteiger partial charge < -0.3 is 20.1 Å². The third-order valence-electron chi connectivity index (χ3n) is 2.94. The summed E-state index contributed by atoms with van der Waals surface area (Å²) in [7, 11) is 1.76. The van der Waals surface area contributed by atoms with Crippen LogP contribution in [0.15, 0.2) is 18.2 Å². The highest BCUT2D eigenvalue weighted by Crippen LogP contribution is 2.32. The van der Waals surface area contributed by atoms with E-state index in [0.717, 1.165) is 23.5 Å². The fourth-order valence-corrected chi connectivity index (χ4v) is 1.85. The lowest BCUT2D eigenvalue weighted by atomic mass is 10.1. The van der Waals surface area contributed by atoms with Gasteiger partial charge in [0, 0.05) is 13.6 Å². The second-order valence-corrected chi connectivity index (χ2v) is 4.49. The highest BCUT2D eigenvalue weighted by atomic mass is 16.7. The van der Waals surface area contributed by atoms with E-state index in [1.54, 1.807) is 18.9 Å². The van der Waals surface area contributed by atoms with E-state index in [1.807, 2.05) is 18.2 Å². The summed E-state index contributed by atoms with van der Waals surface area (Å²) in [5.41, 5.74) is 6.67. The first kappa shape index (κ1) is 12.7. The van der Waals surface area contributed by atoms with Crippen molar-refractivity contribution in [1.82, 2.24) is 4.90 Å². The molecule has 2 N–H and O–H groups in total. The number of amides is 1. The van der Waals surface area contributed by atoms with E-state index in [2.05, 4.69) is 0 Å². The Kier molecular flexibility index (Phi) is 3.72. The van der Waals surface area contributed by atoms with E-state index >= 15 is 0 Å². The van der Waals surface area contributed by atoms with E-state index in [4.69, 9.17) is 15.2 Å². The Labute approximate surface area is 106 Å². The van der Waals surface area contributed by atoms with Crippen LogP contribution in [-0.4, -0.2) is 37.2 Å². The van der Waals surface area contributed by atoms with Gasteiger partial charge in [-0.25, -0.2) is 0 Å². The van der Waals surface area contributed by atoms with Crippen molar-refractivity contribution in [2.24, 2.45) is 5.73 Å². The normalized spacial score (nSPS) is 14.4. The van der Waals surface area contributed by atoms with Gasteiger partial charge in [-0.3, -0.25) is 4.79 Å². The summed E-state index contributed by atoms with van der Waals surface area (Å²) in [6, 6.07) is 5.38. The zero-order valence-electron chi connectivity index (χ0n) is 10.7. The van der Waals surface area contributed by atoms with Crippen LogP contribution in [0.2, 0.25) is 0 Å². The summed E-state index contributed by atoms with van der Waals surface area (Å²) in [5, 5.41) is 0. The Bertz CT molecular complexity index is 446. The summed E-state index contributed by atoms with van der Waals surface area (Å²) in [6.45, 7) is 2.61. The first-order valence-electron chi connectivity index (χ1n) is 5.97. The van der Waals surface area contributed by atoms with Crippen molar-refractivity contribution in [3.63, 3.8) is 0 Å². The van der Waals surface area contributed by atoms with Crippen LogP contribution in [0.5, 0.6) is 11.5 Å². The van der Waals surface area contributed by atoms with Gasteiger partial charge in [0.2, 0.25) is 12.7 Å². The van der Waals surface area contributed by atoms with Gasteiger partial charge in [-0.05, 0) is 31.0 Å². The second kappa shape index (κ2) is 5.27. The maximum atomic E-state index is 11.6. The van der Waals surface area contributed by atoms with Crippen molar-refractivity contribution in [3.8, 4) is 11.5 Å². The second-order valence-electron chi connectivity index (χ2n) is 4.49. The predicted molar refractivity (Wildman–Crippen MR) is 67.6 cm³/mol. The molecule has 0 fully saturated rings. The summed E-state index contributed by atoms with van der Waals surface area (Å²) >= 11 is 0. The minimum atomic E-state index is -0.452. The highest BCUT2D eigenvalue weighted by molar-refractivity contribution is 5.80. The molecule has 0 bridgehead atoms. The lowest BCUT2D eigenvalue weighted by Crippen LogP contribution is -2.40. The number of fused-ring (bicyclic) bond motifs is 1. The number of hydrogen-bond acceptors (Lipinski definition) is 4. The fraction of sp³-hybridized carbons (Fsp3) is 0.462. The number of rotatable bonds is 4. The molecule has 2 rings (SSSR count). The molecule has 1 aliphatic heterocycles. The average Bonchev–Trinajstić information content (AvgIpc) is 2.82. The topological polar surface area (TPSA) is 64.8 Å². The Hall–Kier alpha value is -1.75. The molecule has 0 aromatic heterocycles. The van der Waals surface area contributed by atoms with Crippen molar-refractivity contribution in [1.29, 1.82) is 0 Å². The molecule has 1 aliphatic rings. The number of benzene rings is 1. The molecule has 0 aliphatic carbocycles. The third kappa shape index (κ3) is 2.73. The minimum Gasteiger partial charge on any atom is -0.454 e. The molecule has 5 nitrogen and oxygen atoms in total. The van der Waals surface area contributed by atoms with Crippen molar-refractivity contribution in [2.75, 3.05) is 20.4 Å². The van der Waals surface area contributed by atoms with Gasteiger partial charge in [-0.1, -0.05) is 6.07 Å². The zero-order valence-corrected chi connectivity index (χ0v) is 10.7. The smallest absolute Gasteiger partial charge is 0.238 e. The Balaban J connectivity index is 1.92. The fourth-order valence-electron chi connectivity index (χ4n) is 1.85. The number of nitrogens with zero attached hydrogens (tertiary/aromatic N) is 1. The van der Waals surface area contributed by atoms with E-state index in [1.165, 1.54) is 0 Å². The summed E-state index contributed by atoms with van der Waals surface area (Å²) < 4.78 is 10.6. The molecule has 18 heavy (non-hydrogen) atoms. The van der Waals surface area contributed by atoms with Gasteiger partial charge in [-0.15, -0.1) is 0 Å². The number of carbonyl (C=O) groups excluding carboxylic acids is 1. The van der Waals surface area contributed by atoms with Crippen molar-refractivity contribution in [2.45, 2.75) is 19.4 Å². The molecule has 0 spiro atoms. The molecule has 0 radical (unpaired) electrons. The Morgan fingerprint density at radius 1 is 1.44 bits per heavy atom. The van der Waals surface area contributed by atoms with Crippen LogP contribution < -0.4 is 15.2 Å². The van der Waals surface area contributed by atoms with Crippen LogP contribution in [0.25, 0.3) is 0 Å². The molecule has 1 unspecified atom stereocenters. The predicted octanol–water partition coefficient (Wildman–Crippen LogP) is 0.763. The number of ether oxygens (including phenoxy) is 2. The lowest BCUT2D eigenvalue weighted by molar-refractivity contribution is -0.130. The molecule has 0 saturated heterocycles. The first-order valence-corrected chi connectivity index (χ1v) is 5.97. The van der Waals surface area contributed by atoms with Crippen LogP contribution in [0.3, 0.4) is 0 Å². The van der Waals surface area contributed by atoms with Crippen LogP contribution in [0.4, 0.5) is 0 Å². The molecule has 0 saturated carbocycles. The number of nitrogens with two attached hydrogens (primary N) is 1. The maximum absolute atomic E-state index is 11.6. The minimum absolute atomic E-state index is 0.0456. The van der Waals surface area contributed by atoms with Gasteiger partial charge in [0.25, 0.3) is 0 Å². The van der Waals surface area contributed by atoms with Crippen LogP contribution in [0.1, 0.15) is 12.5 Å². The quantitative estimate of drug-likeness (QED) is 0.857. The molecule has 1 heterocycles. The monoisotopic (exact) mass is 250 g/mol. The SMILES string of the molecule is CC(N)C(=O)N(C)CCc1ccc2c(c1)OCO2. The Morgan fingerprint density at radius 2 is 2.17 bits per heavy atom. The van der Waals surface area contributed by atoms with Gasteiger partial charge in [0.1, 0.15) is 0 Å². The van der Waals surface area contributed by atoms with E-state index in [-0.39, 0.29) is 12.7 Å². The molecule has 1 amide bonds. The standard InChI is InChI=1S/C13H18N2O3/c1-9(14)13(16)15(2)6-5-10-3-4-11-12(7-10)18-8-17-11/h3-4,7,9H,5-6,8,14H2,1-2H3. The van der Waals surface area contributed by atoms with Crippen molar-refractivity contribution >= 4 is 5.91 Å². The summed E-state index contributed by atoms with van der Waals surface area (Å²) in [4.78, 5) is 13.3. The maximum Gasteiger partial charge on any atom is 0.238 e. The van der Waals surface area contributed by atoms with E-state index in [0.29, 0.717) is 6.54 Å². The molecule has 5 heteroatoms. The molecule has 1 atom stereocenters. The van der Waals surface area contributed by atoms with E-state index in [9.17, 15) is 4.79 Å².